The number of aromatic amines is 1. The molecule has 0 unspecified atom stereocenters. The van der Waals surface area contributed by atoms with Crippen LogP contribution in [0.3, 0.4) is 0 Å². The van der Waals surface area contributed by atoms with Gasteiger partial charge < -0.3 is 10.1 Å². The van der Waals surface area contributed by atoms with Gasteiger partial charge in [-0.2, -0.15) is 0 Å². The van der Waals surface area contributed by atoms with Crippen LogP contribution in [0.4, 0.5) is 4.39 Å². The van der Waals surface area contributed by atoms with Crippen LogP contribution in [0.25, 0.3) is 10.9 Å². The molecular weight excluding hydrogens is 323 g/mol. The van der Waals surface area contributed by atoms with Crippen molar-refractivity contribution in [2.45, 2.75) is 6.42 Å². The van der Waals surface area contributed by atoms with E-state index in [1.165, 1.54) is 30.3 Å². The second kappa shape index (κ2) is 5.81. The summed E-state index contributed by atoms with van der Waals surface area (Å²) in [5.41, 5.74) is 0.525. The minimum absolute atomic E-state index is 0.0137. The lowest BCUT2D eigenvalue weighted by Gasteiger charge is -2.05. The first-order valence-corrected chi connectivity index (χ1v) is 7.02. The summed E-state index contributed by atoms with van der Waals surface area (Å²) in [6, 6.07) is 8.41. The summed E-state index contributed by atoms with van der Waals surface area (Å²) in [6.07, 6.45) is 0.191. The molecule has 0 amide bonds. The van der Waals surface area contributed by atoms with Gasteiger partial charge >= 0.3 is 5.97 Å². The molecular formula is C16H10ClFN2O3. The van der Waals surface area contributed by atoms with Crippen LogP contribution in [-0.2, 0) is 6.42 Å². The lowest BCUT2D eigenvalue weighted by atomic mass is 10.1. The van der Waals surface area contributed by atoms with E-state index in [1.807, 2.05) is 0 Å². The zero-order valence-corrected chi connectivity index (χ0v) is 12.4. The summed E-state index contributed by atoms with van der Waals surface area (Å²) in [5.74, 6) is -1.34. The number of fused-ring (bicyclic) bond motifs is 1. The number of carbonyl (C=O) groups is 1. The van der Waals surface area contributed by atoms with Gasteiger partial charge in [-0.1, -0.05) is 17.7 Å². The van der Waals surface area contributed by atoms with E-state index in [0.717, 1.165) is 0 Å². The Labute approximate surface area is 134 Å². The highest BCUT2D eigenvalue weighted by Crippen LogP contribution is 2.17. The molecule has 0 bridgehead atoms. The Kier molecular flexibility index (Phi) is 3.83. The van der Waals surface area contributed by atoms with E-state index >= 15 is 0 Å². The Balaban J connectivity index is 2.05. The molecule has 3 aromatic rings. The molecule has 0 aliphatic heterocycles. The van der Waals surface area contributed by atoms with E-state index in [0.29, 0.717) is 16.8 Å². The van der Waals surface area contributed by atoms with Gasteiger partial charge in [-0.05, 0) is 35.9 Å². The summed E-state index contributed by atoms with van der Waals surface area (Å²) in [5, 5.41) is 9.31. The van der Waals surface area contributed by atoms with Crippen molar-refractivity contribution < 1.29 is 14.3 Å². The molecule has 0 saturated carbocycles. The number of halogens is 2. The Hall–Kier alpha value is -2.73. The number of benzene rings is 2. The highest BCUT2D eigenvalue weighted by molar-refractivity contribution is 6.30. The second-order valence-electron chi connectivity index (χ2n) is 4.97. The first-order chi connectivity index (χ1) is 10.9. The molecule has 2 aromatic carbocycles. The first-order valence-electron chi connectivity index (χ1n) is 6.64. The second-order valence-corrected chi connectivity index (χ2v) is 5.38. The quantitative estimate of drug-likeness (QED) is 0.772. The van der Waals surface area contributed by atoms with Crippen molar-refractivity contribution in [1.29, 1.82) is 0 Å². The molecule has 0 saturated heterocycles. The minimum atomic E-state index is -1.10. The third-order valence-electron chi connectivity index (χ3n) is 3.36. The monoisotopic (exact) mass is 332 g/mol. The molecule has 0 aliphatic rings. The molecule has 7 heteroatoms. The van der Waals surface area contributed by atoms with Gasteiger partial charge in [-0.25, -0.2) is 14.2 Å². The highest BCUT2D eigenvalue weighted by Gasteiger charge is 2.09. The molecule has 5 nitrogen and oxygen atoms in total. The van der Waals surface area contributed by atoms with Crippen molar-refractivity contribution in [3.8, 4) is 0 Å². The maximum atomic E-state index is 13.5. The molecule has 0 spiro atoms. The molecule has 23 heavy (non-hydrogen) atoms. The lowest BCUT2D eigenvalue weighted by Crippen LogP contribution is -2.13. The molecule has 1 heterocycles. The molecule has 0 radical (unpaired) electrons. The average molecular weight is 333 g/mol. The van der Waals surface area contributed by atoms with E-state index in [2.05, 4.69) is 9.97 Å². The van der Waals surface area contributed by atoms with Crippen LogP contribution in [0, 0.1) is 5.82 Å². The average Bonchev–Trinajstić information content (AvgIpc) is 2.50. The Morgan fingerprint density at radius 2 is 2.04 bits per heavy atom. The highest BCUT2D eigenvalue weighted by atomic mass is 35.5. The predicted octanol–water partition coefficient (Wildman–Crippen LogP) is 3.00. The van der Waals surface area contributed by atoms with Gasteiger partial charge in [0.1, 0.15) is 11.6 Å². The van der Waals surface area contributed by atoms with Gasteiger partial charge in [-0.15, -0.1) is 0 Å². The number of H-pyrrole nitrogens is 1. The number of nitrogens with one attached hydrogen (secondary N) is 1. The number of rotatable bonds is 3. The standard InChI is InChI=1S/C16H10ClFN2O3/c17-11-4-1-8(5-12(11)18)6-14-19-13-7-9(16(22)23)2-3-10(13)15(21)20-14/h1-5,7H,6H2,(H,22,23)(H,19,20,21). The Bertz CT molecular complexity index is 985. The van der Waals surface area contributed by atoms with Gasteiger partial charge in [0.15, 0.2) is 0 Å². The molecule has 3 rings (SSSR count). The van der Waals surface area contributed by atoms with Crippen LogP contribution < -0.4 is 5.56 Å². The summed E-state index contributed by atoms with van der Waals surface area (Å²) >= 11 is 5.63. The first kappa shape index (κ1) is 15.2. The van der Waals surface area contributed by atoms with E-state index in [9.17, 15) is 14.0 Å². The summed E-state index contributed by atoms with van der Waals surface area (Å²) in [6.45, 7) is 0. The third-order valence-corrected chi connectivity index (χ3v) is 3.66. The van der Waals surface area contributed by atoms with Crippen molar-refractivity contribution >= 4 is 28.5 Å². The number of aromatic nitrogens is 2. The minimum Gasteiger partial charge on any atom is -0.478 e. The predicted molar refractivity (Wildman–Crippen MR) is 83.5 cm³/mol. The van der Waals surface area contributed by atoms with Crippen molar-refractivity contribution in [3.63, 3.8) is 0 Å². The van der Waals surface area contributed by atoms with E-state index < -0.39 is 11.8 Å². The molecule has 1 aromatic heterocycles. The normalized spacial score (nSPS) is 10.9. The lowest BCUT2D eigenvalue weighted by molar-refractivity contribution is 0.0697. The van der Waals surface area contributed by atoms with Gasteiger partial charge in [0.05, 0.1) is 21.5 Å². The maximum Gasteiger partial charge on any atom is 0.335 e. The number of carboxylic acid groups (broad SMARTS) is 1. The van der Waals surface area contributed by atoms with Gasteiger partial charge in [-0.3, -0.25) is 4.79 Å². The Morgan fingerprint density at radius 3 is 2.74 bits per heavy atom. The van der Waals surface area contributed by atoms with Crippen LogP contribution in [0.1, 0.15) is 21.7 Å². The number of nitrogens with zero attached hydrogens (tertiary/aromatic N) is 1. The molecule has 116 valence electrons. The number of aromatic carboxylic acids is 1. The van der Waals surface area contributed by atoms with E-state index in [1.54, 1.807) is 6.07 Å². The summed E-state index contributed by atoms with van der Waals surface area (Å²) < 4.78 is 13.5. The topological polar surface area (TPSA) is 83.0 Å². The fraction of sp³-hybridized carbons (Fsp3) is 0.0625. The SMILES string of the molecule is O=C(O)c1ccc2c(=O)[nH]c(Cc3ccc(Cl)c(F)c3)nc2c1. The largest absolute Gasteiger partial charge is 0.478 e. The van der Waals surface area contributed by atoms with Crippen molar-refractivity contribution in [2.75, 3.05) is 0 Å². The van der Waals surface area contributed by atoms with Crippen LogP contribution in [0.2, 0.25) is 5.02 Å². The molecule has 2 N–H and O–H groups in total. The van der Waals surface area contributed by atoms with Gasteiger partial charge in [0.25, 0.3) is 5.56 Å². The van der Waals surface area contributed by atoms with Crippen LogP contribution >= 0.6 is 11.6 Å². The van der Waals surface area contributed by atoms with Gasteiger partial charge in [0.2, 0.25) is 0 Å². The van der Waals surface area contributed by atoms with E-state index in [-0.39, 0.29) is 28.1 Å². The van der Waals surface area contributed by atoms with Crippen molar-refractivity contribution in [1.82, 2.24) is 9.97 Å². The van der Waals surface area contributed by atoms with Gasteiger partial charge in [0, 0.05) is 6.42 Å². The third kappa shape index (κ3) is 3.07. The number of hydrogen-bond acceptors (Lipinski definition) is 3. The molecule has 0 fully saturated rings. The van der Waals surface area contributed by atoms with E-state index in [4.69, 9.17) is 16.7 Å². The Morgan fingerprint density at radius 1 is 1.26 bits per heavy atom. The fourth-order valence-corrected chi connectivity index (χ4v) is 2.37. The fourth-order valence-electron chi connectivity index (χ4n) is 2.25. The van der Waals surface area contributed by atoms with Crippen molar-refractivity contribution in [2.24, 2.45) is 0 Å². The number of carboxylic acids is 1. The zero-order valence-electron chi connectivity index (χ0n) is 11.6. The van der Waals surface area contributed by atoms with Crippen molar-refractivity contribution in [3.05, 3.63) is 74.5 Å². The molecule has 0 aliphatic carbocycles. The zero-order chi connectivity index (χ0) is 16.6. The summed E-state index contributed by atoms with van der Waals surface area (Å²) in [4.78, 5) is 29.9. The van der Waals surface area contributed by atoms with Crippen LogP contribution in [0.15, 0.2) is 41.2 Å². The summed E-state index contributed by atoms with van der Waals surface area (Å²) in [7, 11) is 0. The van der Waals surface area contributed by atoms with Crippen LogP contribution in [-0.4, -0.2) is 21.0 Å². The smallest absolute Gasteiger partial charge is 0.335 e. The van der Waals surface area contributed by atoms with Crippen LogP contribution in [0.5, 0.6) is 0 Å². The number of hydrogen-bond donors (Lipinski definition) is 2. The molecule has 0 atom stereocenters. The maximum absolute atomic E-state index is 13.5.